The highest BCUT2D eigenvalue weighted by Crippen LogP contribution is 2.34. The van der Waals surface area contributed by atoms with Gasteiger partial charge in [0.25, 0.3) is 5.91 Å². The molecule has 0 saturated heterocycles. The number of hydrogen-bond donors (Lipinski definition) is 0. The monoisotopic (exact) mass is 436 g/mol. The van der Waals surface area contributed by atoms with E-state index in [1.165, 1.54) is 34.1 Å². The number of benzene rings is 2. The first-order valence-electron chi connectivity index (χ1n) is 8.29. The molecule has 0 atom stereocenters. The van der Waals surface area contributed by atoms with Gasteiger partial charge in [-0.3, -0.25) is 14.5 Å². The first-order valence-corrected chi connectivity index (χ1v) is 9.08. The summed E-state index contributed by atoms with van der Waals surface area (Å²) >= 11 is 3.36. The van der Waals surface area contributed by atoms with Crippen LogP contribution in [0.2, 0.25) is 0 Å². The first kappa shape index (κ1) is 19.2. The van der Waals surface area contributed by atoms with E-state index in [4.69, 9.17) is 9.47 Å². The molecule has 1 heterocycles. The van der Waals surface area contributed by atoms with E-state index in [1.807, 2.05) is 0 Å². The van der Waals surface area contributed by atoms with Crippen molar-refractivity contribution < 1.29 is 23.5 Å². The third kappa shape index (κ3) is 4.77. The molecule has 0 saturated carbocycles. The van der Waals surface area contributed by atoms with Crippen molar-refractivity contribution in [1.29, 1.82) is 0 Å². The lowest BCUT2D eigenvalue weighted by atomic mass is 10.2. The smallest absolute Gasteiger partial charge is 0.265 e. The predicted octanol–water partition coefficient (Wildman–Crippen LogP) is 2.85. The number of amides is 2. The van der Waals surface area contributed by atoms with Gasteiger partial charge >= 0.3 is 0 Å². The number of likely N-dealkylation sites (N-methyl/N-ethyl adjacent to an activating group) is 1. The van der Waals surface area contributed by atoms with Crippen LogP contribution in [0, 0.1) is 5.82 Å². The van der Waals surface area contributed by atoms with Crippen molar-refractivity contribution in [3.05, 3.63) is 52.8 Å². The maximum atomic E-state index is 12.9. The molecule has 1 aliphatic heterocycles. The highest BCUT2D eigenvalue weighted by Gasteiger charge is 2.28. The Morgan fingerprint density at radius 2 is 2.04 bits per heavy atom. The van der Waals surface area contributed by atoms with Crippen LogP contribution in [0.4, 0.5) is 10.1 Å². The number of rotatable bonds is 6. The Hall–Kier alpha value is -2.61. The molecular weight excluding hydrogens is 419 g/mol. The van der Waals surface area contributed by atoms with Gasteiger partial charge in [0, 0.05) is 11.5 Å². The quantitative estimate of drug-likeness (QED) is 0.698. The Kier molecular flexibility index (Phi) is 5.95. The summed E-state index contributed by atoms with van der Waals surface area (Å²) < 4.78 is 24.6. The van der Waals surface area contributed by atoms with E-state index in [-0.39, 0.29) is 37.4 Å². The lowest BCUT2D eigenvalue weighted by Crippen LogP contribution is -2.46. The van der Waals surface area contributed by atoms with Gasteiger partial charge in [0.15, 0.2) is 6.61 Å². The molecule has 1 aliphatic rings. The molecule has 6 nitrogen and oxygen atoms in total. The minimum atomic E-state index is -0.336. The predicted molar refractivity (Wildman–Crippen MR) is 102 cm³/mol. The third-order valence-corrected chi connectivity index (χ3v) is 4.59. The Morgan fingerprint density at radius 3 is 2.78 bits per heavy atom. The largest absolute Gasteiger partial charge is 0.492 e. The van der Waals surface area contributed by atoms with Crippen LogP contribution in [0.15, 0.2) is 46.9 Å². The summed E-state index contributed by atoms with van der Waals surface area (Å²) in [6, 6.07) is 11.0. The van der Waals surface area contributed by atoms with Gasteiger partial charge in [0.05, 0.1) is 12.2 Å². The lowest BCUT2D eigenvalue weighted by molar-refractivity contribution is -0.131. The fourth-order valence-corrected chi connectivity index (χ4v) is 2.90. The molecule has 8 heteroatoms. The topological polar surface area (TPSA) is 59.1 Å². The summed E-state index contributed by atoms with van der Waals surface area (Å²) in [6.45, 7) is 0.411. The van der Waals surface area contributed by atoms with E-state index in [1.54, 1.807) is 25.2 Å². The molecule has 0 radical (unpaired) electrons. The van der Waals surface area contributed by atoms with Crippen LogP contribution in [0.5, 0.6) is 11.5 Å². The van der Waals surface area contributed by atoms with Crippen molar-refractivity contribution in [3.8, 4) is 11.5 Å². The van der Waals surface area contributed by atoms with E-state index in [0.29, 0.717) is 23.7 Å². The number of carbonyl (C=O) groups is 2. The van der Waals surface area contributed by atoms with E-state index in [0.717, 1.165) is 4.47 Å². The van der Waals surface area contributed by atoms with Gasteiger partial charge in [-0.25, -0.2) is 4.39 Å². The molecule has 2 aromatic carbocycles. The molecule has 0 spiro atoms. The Bertz CT molecular complexity index is 844. The van der Waals surface area contributed by atoms with E-state index in [2.05, 4.69) is 15.9 Å². The summed E-state index contributed by atoms with van der Waals surface area (Å²) in [5.41, 5.74) is 0.568. The summed E-state index contributed by atoms with van der Waals surface area (Å²) in [4.78, 5) is 27.6. The highest BCUT2D eigenvalue weighted by molar-refractivity contribution is 9.10. The van der Waals surface area contributed by atoms with Crippen molar-refractivity contribution in [2.75, 3.05) is 38.3 Å². The summed E-state index contributed by atoms with van der Waals surface area (Å²) in [7, 11) is 1.64. The van der Waals surface area contributed by atoms with Gasteiger partial charge in [0.2, 0.25) is 5.91 Å². The number of nitrogens with zero attached hydrogens (tertiary/aromatic N) is 2. The molecule has 0 aromatic heterocycles. The Morgan fingerprint density at radius 1 is 1.30 bits per heavy atom. The van der Waals surface area contributed by atoms with Crippen molar-refractivity contribution in [2.24, 2.45) is 0 Å². The minimum Gasteiger partial charge on any atom is -0.492 e. The SMILES string of the molecule is CN(CCOc1ccc(F)cc1)C(=O)CN1C(=O)COc2cc(Br)ccc21. The molecular formula is C19H18BrFN2O4. The zero-order chi connectivity index (χ0) is 19.4. The number of hydrogen-bond acceptors (Lipinski definition) is 4. The van der Waals surface area contributed by atoms with Crippen LogP contribution >= 0.6 is 15.9 Å². The molecule has 0 bridgehead atoms. The van der Waals surface area contributed by atoms with Gasteiger partial charge in [-0.1, -0.05) is 15.9 Å². The van der Waals surface area contributed by atoms with Gasteiger partial charge in [-0.15, -0.1) is 0 Å². The average Bonchev–Trinajstić information content (AvgIpc) is 2.65. The van der Waals surface area contributed by atoms with Crippen LogP contribution in [0.1, 0.15) is 0 Å². The van der Waals surface area contributed by atoms with E-state index >= 15 is 0 Å². The number of fused-ring (bicyclic) bond motifs is 1. The number of halogens is 2. The average molecular weight is 437 g/mol. The fraction of sp³-hybridized carbons (Fsp3) is 0.263. The molecule has 0 N–H and O–H groups in total. The maximum absolute atomic E-state index is 12.9. The molecule has 0 fully saturated rings. The number of carbonyl (C=O) groups excluding carboxylic acids is 2. The molecule has 0 aliphatic carbocycles. The van der Waals surface area contributed by atoms with Gasteiger partial charge in [-0.2, -0.15) is 0 Å². The van der Waals surface area contributed by atoms with E-state index < -0.39 is 0 Å². The summed E-state index contributed by atoms with van der Waals surface area (Å²) in [5.74, 6) is 0.257. The van der Waals surface area contributed by atoms with Crippen LogP contribution in [-0.2, 0) is 9.59 Å². The standard InChI is InChI=1S/C19H18BrFN2O4/c1-22(8-9-26-15-5-3-14(21)4-6-15)18(24)11-23-16-7-2-13(20)10-17(16)27-12-19(23)25/h2-7,10H,8-9,11-12H2,1H3. The van der Waals surface area contributed by atoms with Crippen molar-refractivity contribution in [1.82, 2.24) is 4.90 Å². The summed E-state index contributed by atoms with van der Waals surface area (Å²) in [6.07, 6.45) is 0. The molecule has 142 valence electrons. The van der Waals surface area contributed by atoms with Crippen molar-refractivity contribution in [2.45, 2.75) is 0 Å². The second kappa shape index (κ2) is 8.39. The Labute approximate surface area is 164 Å². The fourth-order valence-electron chi connectivity index (χ4n) is 2.56. The molecule has 0 unspecified atom stereocenters. The molecule has 2 amide bonds. The second-order valence-electron chi connectivity index (χ2n) is 6.00. The van der Waals surface area contributed by atoms with Crippen LogP contribution in [0.3, 0.4) is 0 Å². The van der Waals surface area contributed by atoms with Crippen LogP contribution in [0.25, 0.3) is 0 Å². The van der Waals surface area contributed by atoms with E-state index in [9.17, 15) is 14.0 Å². The van der Waals surface area contributed by atoms with Gasteiger partial charge in [0.1, 0.15) is 30.5 Å². The Balaban J connectivity index is 1.56. The normalized spacial score (nSPS) is 13.0. The second-order valence-corrected chi connectivity index (χ2v) is 6.91. The van der Waals surface area contributed by atoms with Crippen molar-refractivity contribution in [3.63, 3.8) is 0 Å². The molecule has 27 heavy (non-hydrogen) atoms. The van der Waals surface area contributed by atoms with Crippen LogP contribution < -0.4 is 14.4 Å². The van der Waals surface area contributed by atoms with Crippen molar-refractivity contribution >= 4 is 33.4 Å². The molecule has 3 rings (SSSR count). The molecule has 2 aromatic rings. The number of ether oxygens (including phenoxy) is 2. The summed E-state index contributed by atoms with van der Waals surface area (Å²) in [5, 5.41) is 0. The minimum absolute atomic E-state index is 0.0795. The number of anilines is 1. The maximum Gasteiger partial charge on any atom is 0.265 e. The van der Waals surface area contributed by atoms with Crippen LogP contribution in [-0.4, -0.2) is 50.1 Å². The lowest BCUT2D eigenvalue weighted by Gasteiger charge is -2.30. The first-order chi connectivity index (χ1) is 12.9. The third-order valence-electron chi connectivity index (χ3n) is 4.09. The zero-order valence-corrected chi connectivity index (χ0v) is 16.2. The zero-order valence-electron chi connectivity index (χ0n) is 14.7. The van der Waals surface area contributed by atoms with Gasteiger partial charge < -0.3 is 14.4 Å². The highest BCUT2D eigenvalue weighted by atomic mass is 79.9. The van der Waals surface area contributed by atoms with Gasteiger partial charge in [-0.05, 0) is 42.5 Å².